The standard InChI is InChI=1S/C11H14Br2N2O2/c1-17-8-4-6(7-5-14-2-3-15-7)9(12)10(13)11(8)16/h4,7,14-16H,2-3,5H2,1H3/t7-/m0/s1. The van der Waals surface area contributed by atoms with Gasteiger partial charge in [-0.05, 0) is 43.5 Å². The second kappa shape index (κ2) is 5.56. The van der Waals surface area contributed by atoms with E-state index in [4.69, 9.17) is 4.74 Å². The van der Waals surface area contributed by atoms with Crippen molar-refractivity contribution in [3.63, 3.8) is 0 Å². The number of rotatable bonds is 2. The summed E-state index contributed by atoms with van der Waals surface area (Å²) < 4.78 is 6.65. The maximum absolute atomic E-state index is 9.86. The summed E-state index contributed by atoms with van der Waals surface area (Å²) in [5, 5.41) is 16.6. The van der Waals surface area contributed by atoms with Crippen molar-refractivity contribution < 1.29 is 9.84 Å². The fourth-order valence-corrected chi connectivity index (χ4v) is 2.90. The monoisotopic (exact) mass is 364 g/mol. The molecule has 17 heavy (non-hydrogen) atoms. The average molecular weight is 366 g/mol. The van der Waals surface area contributed by atoms with E-state index in [1.807, 2.05) is 6.07 Å². The zero-order valence-electron chi connectivity index (χ0n) is 9.39. The van der Waals surface area contributed by atoms with Gasteiger partial charge in [-0.15, -0.1) is 0 Å². The van der Waals surface area contributed by atoms with E-state index in [2.05, 4.69) is 42.5 Å². The summed E-state index contributed by atoms with van der Waals surface area (Å²) in [5.41, 5.74) is 1.07. The Morgan fingerprint density at radius 3 is 2.71 bits per heavy atom. The van der Waals surface area contributed by atoms with Gasteiger partial charge in [0, 0.05) is 30.1 Å². The summed E-state index contributed by atoms with van der Waals surface area (Å²) >= 11 is 6.86. The Balaban J connectivity index is 2.42. The minimum absolute atomic E-state index is 0.117. The van der Waals surface area contributed by atoms with Crippen LogP contribution in [0.15, 0.2) is 15.0 Å². The molecule has 6 heteroatoms. The molecular formula is C11H14Br2N2O2. The highest BCUT2D eigenvalue weighted by Crippen LogP contribution is 2.43. The fraction of sp³-hybridized carbons (Fsp3) is 0.455. The second-order valence-electron chi connectivity index (χ2n) is 3.86. The van der Waals surface area contributed by atoms with Crippen LogP contribution in [0, 0.1) is 0 Å². The molecule has 0 amide bonds. The number of hydrogen-bond donors (Lipinski definition) is 3. The van der Waals surface area contributed by atoms with Crippen molar-refractivity contribution in [3.05, 3.63) is 20.6 Å². The van der Waals surface area contributed by atoms with Gasteiger partial charge in [-0.25, -0.2) is 0 Å². The van der Waals surface area contributed by atoms with Gasteiger partial charge in [0.2, 0.25) is 0 Å². The zero-order valence-corrected chi connectivity index (χ0v) is 12.6. The van der Waals surface area contributed by atoms with Crippen LogP contribution >= 0.6 is 31.9 Å². The molecule has 0 aliphatic carbocycles. The number of benzene rings is 1. The number of ether oxygens (including phenoxy) is 1. The van der Waals surface area contributed by atoms with Gasteiger partial charge >= 0.3 is 0 Å². The molecule has 94 valence electrons. The van der Waals surface area contributed by atoms with E-state index in [-0.39, 0.29) is 11.8 Å². The van der Waals surface area contributed by atoms with Crippen molar-refractivity contribution >= 4 is 31.9 Å². The molecule has 1 aromatic carbocycles. The first-order valence-corrected chi connectivity index (χ1v) is 6.92. The number of phenolic OH excluding ortho intramolecular Hbond substituents is 1. The Hall–Kier alpha value is -0.300. The van der Waals surface area contributed by atoms with Crippen LogP contribution in [0.25, 0.3) is 0 Å². The average Bonchev–Trinajstić information content (AvgIpc) is 2.37. The van der Waals surface area contributed by atoms with Crippen LogP contribution in [0.4, 0.5) is 0 Å². The number of piperazine rings is 1. The highest BCUT2D eigenvalue weighted by atomic mass is 79.9. The van der Waals surface area contributed by atoms with E-state index in [0.717, 1.165) is 29.7 Å². The van der Waals surface area contributed by atoms with Gasteiger partial charge in [-0.3, -0.25) is 0 Å². The van der Waals surface area contributed by atoms with Crippen LogP contribution in [-0.2, 0) is 0 Å². The Bertz CT molecular complexity index is 420. The smallest absolute Gasteiger partial charge is 0.173 e. The zero-order chi connectivity index (χ0) is 12.4. The molecule has 1 heterocycles. The molecule has 0 bridgehead atoms. The van der Waals surface area contributed by atoms with Gasteiger partial charge in [-0.2, -0.15) is 0 Å². The third-order valence-electron chi connectivity index (χ3n) is 2.81. The van der Waals surface area contributed by atoms with Gasteiger partial charge in [0.25, 0.3) is 0 Å². The van der Waals surface area contributed by atoms with Crippen molar-refractivity contribution in [2.75, 3.05) is 26.7 Å². The lowest BCUT2D eigenvalue weighted by molar-refractivity contribution is 0.368. The van der Waals surface area contributed by atoms with Crippen LogP contribution in [0.3, 0.4) is 0 Å². The molecule has 0 spiro atoms. The van der Waals surface area contributed by atoms with E-state index in [1.54, 1.807) is 7.11 Å². The quantitative estimate of drug-likeness (QED) is 0.751. The summed E-state index contributed by atoms with van der Waals surface area (Å²) in [6.07, 6.45) is 0. The largest absolute Gasteiger partial charge is 0.503 e. The number of hydrogen-bond acceptors (Lipinski definition) is 4. The maximum Gasteiger partial charge on any atom is 0.173 e. The molecule has 1 aliphatic heterocycles. The minimum Gasteiger partial charge on any atom is -0.503 e. The first kappa shape index (κ1) is 13.1. The Kier molecular flexibility index (Phi) is 4.30. The van der Waals surface area contributed by atoms with E-state index in [1.165, 1.54) is 0 Å². The molecule has 0 unspecified atom stereocenters. The van der Waals surface area contributed by atoms with Crippen molar-refractivity contribution in [1.82, 2.24) is 10.6 Å². The summed E-state index contributed by atoms with van der Waals surface area (Å²) in [4.78, 5) is 0. The molecular weight excluding hydrogens is 352 g/mol. The second-order valence-corrected chi connectivity index (χ2v) is 5.44. The highest BCUT2D eigenvalue weighted by molar-refractivity contribution is 9.13. The molecule has 4 nitrogen and oxygen atoms in total. The lowest BCUT2D eigenvalue weighted by Crippen LogP contribution is -2.42. The van der Waals surface area contributed by atoms with Crippen LogP contribution in [0.2, 0.25) is 0 Å². The summed E-state index contributed by atoms with van der Waals surface area (Å²) in [6.45, 7) is 2.77. The number of aromatic hydroxyl groups is 1. The van der Waals surface area contributed by atoms with Crippen molar-refractivity contribution in [2.24, 2.45) is 0 Å². The molecule has 0 saturated carbocycles. The highest BCUT2D eigenvalue weighted by Gasteiger charge is 2.22. The third-order valence-corrected chi connectivity index (χ3v) is 4.97. The Morgan fingerprint density at radius 1 is 1.35 bits per heavy atom. The van der Waals surface area contributed by atoms with E-state index in [9.17, 15) is 5.11 Å². The summed E-state index contributed by atoms with van der Waals surface area (Å²) in [5.74, 6) is 0.592. The number of phenols is 1. The van der Waals surface area contributed by atoms with Crippen molar-refractivity contribution in [1.29, 1.82) is 0 Å². The van der Waals surface area contributed by atoms with Gasteiger partial charge in [-0.1, -0.05) is 0 Å². The van der Waals surface area contributed by atoms with Crippen molar-refractivity contribution in [3.8, 4) is 11.5 Å². The maximum atomic E-state index is 9.86. The summed E-state index contributed by atoms with van der Waals surface area (Å²) in [7, 11) is 1.55. The predicted molar refractivity (Wildman–Crippen MR) is 73.7 cm³/mol. The molecule has 1 atom stereocenters. The number of methoxy groups -OCH3 is 1. The molecule has 1 aliphatic rings. The van der Waals surface area contributed by atoms with Crippen LogP contribution < -0.4 is 15.4 Å². The molecule has 1 aromatic rings. The van der Waals surface area contributed by atoms with E-state index < -0.39 is 0 Å². The number of halogens is 2. The van der Waals surface area contributed by atoms with Crippen LogP contribution in [0.1, 0.15) is 11.6 Å². The topological polar surface area (TPSA) is 53.5 Å². The SMILES string of the molecule is COc1cc([C@@H]2CNCCN2)c(Br)c(Br)c1O. The van der Waals surface area contributed by atoms with Gasteiger partial charge < -0.3 is 20.5 Å². The number of nitrogens with one attached hydrogen (secondary N) is 2. The van der Waals surface area contributed by atoms with Crippen LogP contribution in [-0.4, -0.2) is 31.9 Å². The van der Waals surface area contributed by atoms with Gasteiger partial charge in [0.15, 0.2) is 11.5 Å². The van der Waals surface area contributed by atoms with Gasteiger partial charge in [0.05, 0.1) is 11.6 Å². The lowest BCUT2D eigenvalue weighted by atomic mass is 10.0. The molecule has 3 N–H and O–H groups in total. The molecule has 0 aromatic heterocycles. The van der Waals surface area contributed by atoms with Gasteiger partial charge in [0.1, 0.15) is 0 Å². The molecule has 2 rings (SSSR count). The first-order valence-electron chi connectivity index (χ1n) is 5.34. The fourth-order valence-electron chi connectivity index (χ4n) is 1.89. The summed E-state index contributed by atoms with van der Waals surface area (Å²) in [6, 6.07) is 2.07. The molecule has 1 saturated heterocycles. The molecule has 1 fully saturated rings. The Labute approximate surface area is 117 Å². The predicted octanol–water partition coefficient (Wildman–Crippen LogP) is 2.16. The Morgan fingerprint density at radius 2 is 2.12 bits per heavy atom. The van der Waals surface area contributed by atoms with Crippen LogP contribution in [0.5, 0.6) is 11.5 Å². The minimum atomic E-state index is 0.117. The normalized spacial score (nSPS) is 20.3. The molecule has 0 radical (unpaired) electrons. The third kappa shape index (κ3) is 2.59. The van der Waals surface area contributed by atoms with Crippen molar-refractivity contribution in [2.45, 2.75) is 6.04 Å². The van der Waals surface area contributed by atoms with E-state index in [0.29, 0.717) is 10.2 Å². The lowest BCUT2D eigenvalue weighted by Gasteiger charge is -2.26. The van der Waals surface area contributed by atoms with E-state index >= 15 is 0 Å². The first-order chi connectivity index (χ1) is 8.15.